The van der Waals surface area contributed by atoms with Crippen LogP contribution in [0.1, 0.15) is 25.7 Å². The van der Waals surface area contributed by atoms with Crippen molar-refractivity contribution in [1.82, 2.24) is 0 Å². The molecule has 1 aromatic heterocycles. The summed E-state index contributed by atoms with van der Waals surface area (Å²) in [5, 5.41) is 0.679. The molecule has 0 radical (unpaired) electrons. The number of thiophene rings is 1. The van der Waals surface area contributed by atoms with Gasteiger partial charge in [-0.3, -0.25) is 4.79 Å². The first-order chi connectivity index (χ1) is 11.7. The highest BCUT2D eigenvalue weighted by atomic mass is 35.5. The minimum absolute atomic E-state index is 0.0253. The van der Waals surface area contributed by atoms with Crippen LogP contribution in [0.15, 0.2) is 72.8 Å². The van der Waals surface area contributed by atoms with Gasteiger partial charge in [0.15, 0.2) is 5.78 Å². The second kappa shape index (κ2) is 7.79. The molecule has 0 unspecified atom stereocenters. The number of hydrogen-bond acceptors (Lipinski definition) is 2. The van der Waals surface area contributed by atoms with Crippen molar-refractivity contribution in [3.05, 3.63) is 98.7 Å². The van der Waals surface area contributed by atoms with E-state index in [9.17, 15) is 4.79 Å². The fraction of sp³-hybridized carbons (Fsp3) is 0. The molecule has 0 N–H and O–H groups in total. The van der Waals surface area contributed by atoms with Crippen LogP contribution >= 0.6 is 22.9 Å². The van der Waals surface area contributed by atoms with E-state index in [1.807, 2.05) is 54.6 Å². The molecule has 2 aromatic carbocycles. The van der Waals surface area contributed by atoms with Crippen molar-refractivity contribution in [2.45, 2.75) is 0 Å². The minimum Gasteiger partial charge on any atom is -0.288 e. The molecule has 3 heteroatoms. The lowest BCUT2D eigenvalue weighted by Crippen LogP contribution is -1.88. The van der Waals surface area contributed by atoms with Gasteiger partial charge in [0.05, 0.1) is 9.75 Å². The fourth-order valence-electron chi connectivity index (χ4n) is 2.02. The van der Waals surface area contributed by atoms with Gasteiger partial charge in [0, 0.05) is 10.6 Å². The molecule has 0 saturated heterocycles. The Balaban J connectivity index is 1.70. The third kappa shape index (κ3) is 4.45. The predicted octanol–water partition coefficient (Wildman–Crippen LogP) is 5.70. The summed E-state index contributed by atoms with van der Waals surface area (Å²) in [6.45, 7) is 0. The first kappa shape index (κ1) is 16.3. The van der Waals surface area contributed by atoms with E-state index in [1.54, 1.807) is 24.3 Å². The van der Waals surface area contributed by atoms with Gasteiger partial charge < -0.3 is 0 Å². The SMILES string of the molecule is O=C(/C=C\c1ccc(Cl)cc1)c1ccc(C#Cc2ccccc2)s1. The summed E-state index contributed by atoms with van der Waals surface area (Å²) in [5.41, 5.74) is 1.90. The number of carbonyl (C=O) groups is 1. The number of rotatable bonds is 3. The molecule has 24 heavy (non-hydrogen) atoms. The van der Waals surface area contributed by atoms with Gasteiger partial charge in [-0.1, -0.05) is 59.8 Å². The molecule has 1 heterocycles. The number of halogens is 1. The van der Waals surface area contributed by atoms with Crippen LogP contribution in [0.4, 0.5) is 0 Å². The highest BCUT2D eigenvalue weighted by molar-refractivity contribution is 7.14. The van der Waals surface area contributed by atoms with Crippen molar-refractivity contribution in [1.29, 1.82) is 0 Å². The molecule has 0 bridgehead atoms. The van der Waals surface area contributed by atoms with Crippen LogP contribution in [0.25, 0.3) is 6.08 Å². The highest BCUT2D eigenvalue weighted by Gasteiger charge is 2.05. The molecular formula is C21H13ClOS. The summed E-state index contributed by atoms with van der Waals surface area (Å²) in [6.07, 6.45) is 3.36. The van der Waals surface area contributed by atoms with Gasteiger partial charge in [-0.05, 0) is 48.0 Å². The van der Waals surface area contributed by atoms with Crippen LogP contribution in [0.3, 0.4) is 0 Å². The Kier molecular flexibility index (Phi) is 5.28. The average Bonchev–Trinajstić information content (AvgIpc) is 3.09. The summed E-state index contributed by atoms with van der Waals surface area (Å²) in [5.74, 6) is 6.16. The van der Waals surface area contributed by atoms with Crippen LogP contribution in [0, 0.1) is 11.8 Å². The smallest absolute Gasteiger partial charge is 0.195 e. The molecule has 0 aliphatic rings. The first-order valence-corrected chi connectivity index (χ1v) is 8.55. The maximum Gasteiger partial charge on any atom is 0.195 e. The van der Waals surface area contributed by atoms with Gasteiger partial charge in [-0.2, -0.15) is 0 Å². The second-order valence-electron chi connectivity index (χ2n) is 5.03. The fourth-order valence-corrected chi connectivity index (χ4v) is 2.93. The Morgan fingerprint density at radius 3 is 2.42 bits per heavy atom. The second-order valence-corrected chi connectivity index (χ2v) is 6.55. The molecule has 3 aromatic rings. The number of ketones is 1. The summed E-state index contributed by atoms with van der Waals surface area (Å²) >= 11 is 7.25. The molecule has 3 rings (SSSR count). The van der Waals surface area contributed by atoms with E-state index in [2.05, 4.69) is 11.8 Å². The van der Waals surface area contributed by atoms with E-state index >= 15 is 0 Å². The summed E-state index contributed by atoms with van der Waals surface area (Å²) in [6, 6.07) is 20.8. The van der Waals surface area contributed by atoms with Gasteiger partial charge in [0.2, 0.25) is 0 Å². The standard InChI is InChI=1S/C21H13ClOS/c22-18-10-6-17(7-11-18)9-14-20(23)21-15-13-19(24-21)12-8-16-4-2-1-3-5-16/h1-7,9-11,13-15H/b14-9-. The molecular weight excluding hydrogens is 336 g/mol. The van der Waals surface area contributed by atoms with Crippen LogP contribution in [0.5, 0.6) is 0 Å². The summed E-state index contributed by atoms with van der Waals surface area (Å²) < 4.78 is 0. The van der Waals surface area contributed by atoms with Gasteiger partial charge in [0.1, 0.15) is 0 Å². The molecule has 0 fully saturated rings. The zero-order chi connectivity index (χ0) is 16.8. The van der Waals surface area contributed by atoms with E-state index in [4.69, 9.17) is 11.6 Å². The van der Waals surface area contributed by atoms with E-state index in [0.29, 0.717) is 9.90 Å². The average molecular weight is 349 g/mol. The van der Waals surface area contributed by atoms with Crippen molar-refractivity contribution in [3.63, 3.8) is 0 Å². The van der Waals surface area contributed by atoms with Crippen molar-refractivity contribution >= 4 is 34.8 Å². The molecule has 0 amide bonds. The maximum atomic E-state index is 12.2. The Labute approximate surface area is 150 Å². The van der Waals surface area contributed by atoms with Crippen molar-refractivity contribution < 1.29 is 4.79 Å². The van der Waals surface area contributed by atoms with Gasteiger partial charge >= 0.3 is 0 Å². The van der Waals surface area contributed by atoms with E-state index < -0.39 is 0 Å². The lowest BCUT2D eigenvalue weighted by atomic mass is 10.2. The number of hydrogen-bond donors (Lipinski definition) is 0. The molecule has 0 aliphatic heterocycles. The van der Waals surface area contributed by atoms with E-state index in [-0.39, 0.29) is 5.78 Å². The van der Waals surface area contributed by atoms with Crippen molar-refractivity contribution in [3.8, 4) is 11.8 Å². The van der Waals surface area contributed by atoms with Gasteiger partial charge in [-0.25, -0.2) is 0 Å². The third-order valence-corrected chi connectivity index (χ3v) is 4.52. The minimum atomic E-state index is -0.0253. The highest BCUT2D eigenvalue weighted by Crippen LogP contribution is 2.18. The number of benzene rings is 2. The van der Waals surface area contributed by atoms with E-state index in [0.717, 1.165) is 16.0 Å². The Hall–Kier alpha value is -2.60. The summed E-state index contributed by atoms with van der Waals surface area (Å²) in [7, 11) is 0. The number of carbonyl (C=O) groups excluding carboxylic acids is 1. The lowest BCUT2D eigenvalue weighted by molar-refractivity contribution is 0.105. The molecule has 1 nitrogen and oxygen atoms in total. The molecule has 0 atom stereocenters. The molecule has 0 spiro atoms. The monoisotopic (exact) mass is 348 g/mol. The zero-order valence-electron chi connectivity index (χ0n) is 12.7. The van der Waals surface area contributed by atoms with Crippen LogP contribution < -0.4 is 0 Å². The third-order valence-electron chi connectivity index (χ3n) is 3.25. The normalized spacial score (nSPS) is 10.4. The van der Waals surface area contributed by atoms with E-state index in [1.165, 1.54) is 11.3 Å². The predicted molar refractivity (Wildman–Crippen MR) is 102 cm³/mol. The van der Waals surface area contributed by atoms with Gasteiger partial charge in [0.25, 0.3) is 0 Å². The van der Waals surface area contributed by atoms with Crippen LogP contribution in [-0.2, 0) is 0 Å². The van der Waals surface area contributed by atoms with Crippen LogP contribution in [0.2, 0.25) is 5.02 Å². The largest absolute Gasteiger partial charge is 0.288 e. The van der Waals surface area contributed by atoms with Crippen molar-refractivity contribution in [2.24, 2.45) is 0 Å². The van der Waals surface area contributed by atoms with Crippen LogP contribution in [-0.4, -0.2) is 5.78 Å². The maximum absolute atomic E-state index is 12.2. The lowest BCUT2D eigenvalue weighted by Gasteiger charge is -1.93. The van der Waals surface area contributed by atoms with Gasteiger partial charge in [-0.15, -0.1) is 11.3 Å². The molecule has 0 saturated carbocycles. The number of allylic oxidation sites excluding steroid dienone is 1. The quantitative estimate of drug-likeness (QED) is 0.337. The molecule has 0 aliphatic carbocycles. The van der Waals surface area contributed by atoms with Crippen molar-refractivity contribution in [2.75, 3.05) is 0 Å². The Morgan fingerprint density at radius 2 is 1.67 bits per heavy atom. The topological polar surface area (TPSA) is 17.1 Å². The molecule has 116 valence electrons. The Bertz CT molecular complexity index is 925. The Morgan fingerprint density at radius 1 is 0.917 bits per heavy atom. The summed E-state index contributed by atoms with van der Waals surface area (Å²) in [4.78, 5) is 13.8. The first-order valence-electron chi connectivity index (χ1n) is 7.35. The zero-order valence-corrected chi connectivity index (χ0v) is 14.3.